The quantitative estimate of drug-likeness (QED) is 0.919. The van der Waals surface area contributed by atoms with Crippen molar-refractivity contribution >= 4 is 17.5 Å². The normalized spacial score (nSPS) is 12.0. The molecule has 0 aliphatic rings. The number of aromatic nitrogens is 2. The number of carbonyl (C=O) groups excluding carboxylic acids is 1. The maximum Gasteiger partial charge on any atom is 0.273 e. The highest BCUT2D eigenvalue weighted by Crippen LogP contribution is 2.23. The Bertz CT molecular complexity index is 687. The lowest BCUT2D eigenvalue weighted by Gasteiger charge is -2.15. The van der Waals surface area contributed by atoms with Gasteiger partial charge in [0.1, 0.15) is 0 Å². The van der Waals surface area contributed by atoms with Crippen molar-refractivity contribution in [3.8, 4) is 5.75 Å². The number of hydrogen-bond acceptors (Lipinski definition) is 3. The molecule has 5 nitrogen and oxygen atoms in total. The summed E-state index contributed by atoms with van der Waals surface area (Å²) in [5.74, 6) is -0.679. The molecule has 0 radical (unpaired) electrons. The number of hydrogen-bond donors (Lipinski definition) is 1. The van der Waals surface area contributed by atoms with Gasteiger partial charge in [-0.15, -0.1) is 0 Å². The van der Waals surface area contributed by atoms with Crippen LogP contribution in [0, 0.1) is 5.82 Å². The van der Waals surface area contributed by atoms with Gasteiger partial charge in [0.15, 0.2) is 17.3 Å². The molecule has 7 heteroatoms. The van der Waals surface area contributed by atoms with Crippen molar-refractivity contribution in [1.82, 2.24) is 15.1 Å². The standard InChI is InChI=1S/C15H17ClFN3O2/c1-4-22-13-6-5-10(7-12(13)17)9(2)18-15(21)14-11(16)8-20(3)19-14/h5-9H,4H2,1-3H3,(H,18,21)/t9-/m0/s1. The monoisotopic (exact) mass is 325 g/mol. The van der Waals surface area contributed by atoms with E-state index in [1.54, 1.807) is 33.0 Å². The van der Waals surface area contributed by atoms with Crippen LogP contribution in [0.1, 0.15) is 35.9 Å². The number of rotatable bonds is 5. The van der Waals surface area contributed by atoms with Gasteiger partial charge in [-0.05, 0) is 31.5 Å². The number of nitrogens with zero attached hydrogens (tertiary/aromatic N) is 2. The van der Waals surface area contributed by atoms with Crippen LogP contribution < -0.4 is 10.1 Å². The lowest BCUT2D eigenvalue weighted by molar-refractivity contribution is 0.0934. The highest BCUT2D eigenvalue weighted by atomic mass is 35.5. The van der Waals surface area contributed by atoms with Crippen molar-refractivity contribution < 1.29 is 13.9 Å². The van der Waals surface area contributed by atoms with Gasteiger partial charge in [0.25, 0.3) is 5.91 Å². The van der Waals surface area contributed by atoms with E-state index in [-0.39, 0.29) is 16.5 Å². The topological polar surface area (TPSA) is 56.1 Å². The van der Waals surface area contributed by atoms with E-state index in [0.717, 1.165) is 0 Å². The largest absolute Gasteiger partial charge is 0.491 e. The van der Waals surface area contributed by atoms with Crippen LogP contribution in [0.25, 0.3) is 0 Å². The highest BCUT2D eigenvalue weighted by molar-refractivity contribution is 6.33. The Kier molecular flexibility index (Phi) is 5.03. The SMILES string of the molecule is CCOc1ccc([C@H](C)NC(=O)c2nn(C)cc2Cl)cc1F. The molecule has 0 aliphatic carbocycles. The second-order valence-corrected chi connectivity index (χ2v) is 5.22. The summed E-state index contributed by atoms with van der Waals surface area (Å²) < 4.78 is 20.5. The first-order valence-electron chi connectivity index (χ1n) is 6.84. The molecule has 1 atom stereocenters. The third kappa shape index (κ3) is 3.57. The average Bonchev–Trinajstić information content (AvgIpc) is 2.80. The van der Waals surface area contributed by atoms with Gasteiger partial charge in [-0.25, -0.2) is 4.39 Å². The van der Waals surface area contributed by atoms with Gasteiger partial charge in [0.2, 0.25) is 0 Å². The minimum absolute atomic E-state index is 0.141. The molecule has 1 N–H and O–H groups in total. The van der Waals surface area contributed by atoms with Gasteiger partial charge in [-0.3, -0.25) is 9.48 Å². The van der Waals surface area contributed by atoms with Crippen molar-refractivity contribution in [3.05, 3.63) is 46.5 Å². The number of ether oxygens (including phenoxy) is 1. The van der Waals surface area contributed by atoms with E-state index in [2.05, 4.69) is 10.4 Å². The first-order valence-corrected chi connectivity index (χ1v) is 7.22. The van der Waals surface area contributed by atoms with Crippen molar-refractivity contribution in [3.63, 3.8) is 0 Å². The summed E-state index contributed by atoms with van der Waals surface area (Å²) in [5, 5.41) is 7.00. The Morgan fingerprint density at radius 1 is 1.55 bits per heavy atom. The minimum Gasteiger partial charge on any atom is -0.491 e. The van der Waals surface area contributed by atoms with E-state index < -0.39 is 17.8 Å². The summed E-state index contributed by atoms with van der Waals surface area (Å²) >= 11 is 5.93. The molecule has 1 heterocycles. The predicted octanol–water partition coefficient (Wildman–Crippen LogP) is 3.10. The van der Waals surface area contributed by atoms with Crippen LogP contribution >= 0.6 is 11.6 Å². The van der Waals surface area contributed by atoms with Crippen molar-refractivity contribution in [1.29, 1.82) is 0 Å². The van der Waals surface area contributed by atoms with Crippen molar-refractivity contribution in [2.24, 2.45) is 7.05 Å². The Balaban J connectivity index is 2.12. The van der Waals surface area contributed by atoms with E-state index in [4.69, 9.17) is 16.3 Å². The van der Waals surface area contributed by atoms with Crippen LogP contribution in [-0.4, -0.2) is 22.3 Å². The highest BCUT2D eigenvalue weighted by Gasteiger charge is 2.18. The van der Waals surface area contributed by atoms with Crippen LogP contribution in [0.5, 0.6) is 5.75 Å². The smallest absolute Gasteiger partial charge is 0.273 e. The maximum absolute atomic E-state index is 13.9. The average molecular weight is 326 g/mol. The zero-order valence-electron chi connectivity index (χ0n) is 12.6. The molecule has 2 aromatic rings. The van der Waals surface area contributed by atoms with E-state index in [1.165, 1.54) is 16.9 Å². The summed E-state index contributed by atoms with van der Waals surface area (Å²) in [6, 6.07) is 4.20. The van der Waals surface area contributed by atoms with Crippen LogP contribution in [0.3, 0.4) is 0 Å². The first-order chi connectivity index (χ1) is 10.4. The third-order valence-corrected chi connectivity index (χ3v) is 3.38. The van der Waals surface area contributed by atoms with Crippen molar-refractivity contribution in [2.75, 3.05) is 6.61 Å². The Labute approximate surface area is 133 Å². The molecule has 2 rings (SSSR count). The summed E-state index contributed by atoms with van der Waals surface area (Å²) in [6.07, 6.45) is 1.54. The molecule has 1 amide bonds. The fraction of sp³-hybridized carbons (Fsp3) is 0.333. The van der Waals surface area contributed by atoms with Crippen LogP contribution in [-0.2, 0) is 7.05 Å². The molecule has 0 saturated carbocycles. The molecule has 118 valence electrons. The lowest BCUT2D eigenvalue weighted by atomic mass is 10.1. The summed E-state index contributed by atoms with van der Waals surface area (Å²) in [5.41, 5.74) is 0.767. The molecule has 0 unspecified atom stereocenters. The van der Waals surface area contributed by atoms with Gasteiger partial charge in [-0.1, -0.05) is 17.7 Å². The van der Waals surface area contributed by atoms with E-state index >= 15 is 0 Å². The molecule has 0 spiro atoms. The number of aryl methyl sites for hydroxylation is 1. The first kappa shape index (κ1) is 16.3. The minimum atomic E-state index is -0.462. The van der Waals surface area contributed by atoms with Crippen LogP contribution in [0.4, 0.5) is 4.39 Å². The van der Waals surface area contributed by atoms with Gasteiger partial charge >= 0.3 is 0 Å². The molecule has 1 aromatic heterocycles. The second-order valence-electron chi connectivity index (χ2n) is 4.82. The predicted molar refractivity (Wildman–Crippen MR) is 81.7 cm³/mol. The summed E-state index contributed by atoms with van der Waals surface area (Å²) in [4.78, 5) is 12.1. The fourth-order valence-electron chi connectivity index (χ4n) is 2.02. The molecular formula is C15H17ClFN3O2. The van der Waals surface area contributed by atoms with Crippen LogP contribution in [0.15, 0.2) is 24.4 Å². The number of amides is 1. The Hall–Kier alpha value is -2.08. The molecule has 0 aliphatic heterocycles. The molecule has 0 fully saturated rings. The fourth-order valence-corrected chi connectivity index (χ4v) is 2.29. The lowest BCUT2D eigenvalue weighted by Crippen LogP contribution is -2.27. The molecule has 0 saturated heterocycles. The Morgan fingerprint density at radius 3 is 2.82 bits per heavy atom. The number of nitrogens with one attached hydrogen (secondary N) is 1. The van der Waals surface area contributed by atoms with Gasteiger partial charge in [0, 0.05) is 13.2 Å². The molecule has 0 bridgehead atoms. The van der Waals surface area contributed by atoms with Crippen LogP contribution in [0.2, 0.25) is 5.02 Å². The molecule has 22 heavy (non-hydrogen) atoms. The second kappa shape index (κ2) is 6.79. The van der Waals surface area contributed by atoms with E-state index in [0.29, 0.717) is 12.2 Å². The number of benzene rings is 1. The Morgan fingerprint density at radius 2 is 2.27 bits per heavy atom. The number of halogens is 2. The zero-order valence-corrected chi connectivity index (χ0v) is 13.3. The van der Waals surface area contributed by atoms with Gasteiger partial charge in [0.05, 0.1) is 17.7 Å². The molecular weight excluding hydrogens is 309 g/mol. The number of carbonyl (C=O) groups is 1. The van der Waals surface area contributed by atoms with E-state index in [1.807, 2.05) is 0 Å². The van der Waals surface area contributed by atoms with Gasteiger partial charge in [-0.2, -0.15) is 5.10 Å². The third-order valence-electron chi connectivity index (χ3n) is 3.10. The summed E-state index contributed by atoms with van der Waals surface area (Å²) in [7, 11) is 1.67. The maximum atomic E-state index is 13.9. The summed E-state index contributed by atoms with van der Waals surface area (Å²) in [6.45, 7) is 3.93. The zero-order chi connectivity index (χ0) is 16.3. The van der Waals surface area contributed by atoms with E-state index in [9.17, 15) is 9.18 Å². The molecule has 1 aromatic carbocycles. The van der Waals surface area contributed by atoms with Crippen molar-refractivity contribution in [2.45, 2.75) is 19.9 Å². The van der Waals surface area contributed by atoms with Gasteiger partial charge < -0.3 is 10.1 Å².